The van der Waals surface area contributed by atoms with Crippen LogP contribution in [-0.4, -0.2) is 69.4 Å². The minimum atomic E-state index is 0. The van der Waals surface area contributed by atoms with Crippen LogP contribution in [0.4, 0.5) is 5.69 Å². The Labute approximate surface area is 190 Å². The van der Waals surface area contributed by atoms with Crippen molar-refractivity contribution in [3.05, 3.63) is 54.2 Å². The van der Waals surface area contributed by atoms with Crippen LogP contribution >= 0.6 is 24.0 Å². The molecule has 29 heavy (non-hydrogen) atoms. The third kappa shape index (κ3) is 7.04. The first kappa shape index (κ1) is 23.2. The van der Waals surface area contributed by atoms with Gasteiger partial charge in [0.05, 0.1) is 6.61 Å². The number of anilines is 1. The molecule has 1 aliphatic heterocycles. The maximum atomic E-state index is 5.50. The molecule has 2 heterocycles. The second kappa shape index (κ2) is 12.5. The number of aliphatic imine (C=N–C) groups is 1. The quantitative estimate of drug-likeness (QED) is 0.267. The Kier molecular flexibility index (Phi) is 9.99. The number of pyridine rings is 1. The van der Waals surface area contributed by atoms with Crippen molar-refractivity contribution in [1.82, 2.24) is 15.2 Å². The summed E-state index contributed by atoms with van der Waals surface area (Å²) in [4.78, 5) is 13.5. The van der Waals surface area contributed by atoms with Crippen LogP contribution in [0.5, 0.6) is 5.88 Å². The van der Waals surface area contributed by atoms with Crippen molar-refractivity contribution in [3.8, 4) is 5.88 Å². The Morgan fingerprint density at radius 1 is 1.07 bits per heavy atom. The molecule has 1 N–H and O–H groups in total. The number of nitrogens with zero attached hydrogens (tertiary/aromatic N) is 4. The number of hydrogen-bond acceptors (Lipinski definition) is 5. The van der Waals surface area contributed by atoms with E-state index in [9.17, 15) is 0 Å². The van der Waals surface area contributed by atoms with E-state index in [1.807, 2.05) is 25.4 Å². The molecular formula is C21H30IN5O2. The first-order valence-electron chi connectivity index (χ1n) is 9.62. The highest BCUT2D eigenvalue weighted by atomic mass is 127. The molecule has 0 atom stereocenters. The van der Waals surface area contributed by atoms with Crippen LogP contribution < -0.4 is 15.0 Å². The van der Waals surface area contributed by atoms with Crippen LogP contribution in [0.1, 0.15) is 5.56 Å². The first-order chi connectivity index (χ1) is 13.8. The van der Waals surface area contributed by atoms with E-state index < -0.39 is 0 Å². The van der Waals surface area contributed by atoms with Crippen LogP contribution in [0.3, 0.4) is 0 Å². The summed E-state index contributed by atoms with van der Waals surface area (Å²) < 4.78 is 10.5. The number of hydrogen-bond donors (Lipinski definition) is 1. The average molecular weight is 511 g/mol. The van der Waals surface area contributed by atoms with E-state index in [1.165, 1.54) is 5.69 Å². The molecule has 0 radical (unpaired) electrons. The highest BCUT2D eigenvalue weighted by Gasteiger charge is 2.19. The van der Waals surface area contributed by atoms with E-state index in [1.54, 1.807) is 7.11 Å². The number of piperazine rings is 1. The van der Waals surface area contributed by atoms with E-state index >= 15 is 0 Å². The van der Waals surface area contributed by atoms with Gasteiger partial charge in [-0.2, -0.15) is 0 Å². The Morgan fingerprint density at radius 3 is 2.45 bits per heavy atom. The van der Waals surface area contributed by atoms with E-state index in [0.29, 0.717) is 25.6 Å². The molecule has 0 unspecified atom stereocenters. The molecule has 2 aromatic rings. The van der Waals surface area contributed by atoms with Crippen LogP contribution in [0.15, 0.2) is 53.7 Å². The molecule has 1 fully saturated rings. The predicted octanol–water partition coefficient (Wildman–Crippen LogP) is 2.62. The van der Waals surface area contributed by atoms with Crippen molar-refractivity contribution in [3.63, 3.8) is 0 Å². The zero-order valence-corrected chi connectivity index (χ0v) is 19.4. The maximum Gasteiger partial charge on any atom is 0.213 e. The fourth-order valence-corrected chi connectivity index (χ4v) is 3.16. The van der Waals surface area contributed by atoms with Crippen molar-refractivity contribution >= 4 is 35.6 Å². The number of para-hydroxylation sites is 1. The lowest BCUT2D eigenvalue weighted by atomic mass is 10.2. The lowest BCUT2D eigenvalue weighted by molar-refractivity contribution is 0.143. The Balaban J connectivity index is 0.00000300. The summed E-state index contributed by atoms with van der Waals surface area (Å²) in [5, 5.41) is 3.44. The largest absolute Gasteiger partial charge is 0.475 e. The molecule has 0 amide bonds. The normalized spacial score (nSPS) is 14.3. The fourth-order valence-electron chi connectivity index (χ4n) is 3.16. The Bertz CT molecular complexity index is 734. The number of halogens is 1. The number of methoxy groups -OCH3 is 1. The topological polar surface area (TPSA) is 62.2 Å². The SMILES string of the molecule is CN=C(NCc1ccc(OCCOC)nc1)N1CCN(c2ccccc2)CC1.I. The summed E-state index contributed by atoms with van der Waals surface area (Å²) in [6, 6.07) is 14.5. The van der Waals surface area contributed by atoms with Gasteiger partial charge in [-0.15, -0.1) is 24.0 Å². The van der Waals surface area contributed by atoms with E-state index in [0.717, 1.165) is 37.7 Å². The maximum absolute atomic E-state index is 5.50. The van der Waals surface area contributed by atoms with Gasteiger partial charge in [0.2, 0.25) is 5.88 Å². The minimum absolute atomic E-state index is 0. The van der Waals surface area contributed by atoms with Gasteiger partial charge in [-0.05, 0) is 17.7 Å². The molecule has 1 aliphatic rings. The van der Waals surface area contributed by atoms with Gasteiger partial charge in [0, 0.05) is 64.8 Å². The predicted molar refractivity (Wildman–Crippen MR) is 127 cm³/mol. The first-order valence-corrected chi connectivity index (χ1v) is 9.62. The third-order valence-corrected chi connectivity index (χ3v) is 4.70. The molecule has 158 valence electrons. The second-order valence-corrected chi connectivity index (χ2v) is 6.56. The van der Waals surface area contributed by atoms with Gasteiger partial charge < -0.3 is 24.6 Å². The van der Waals surface area contributed by atoms with Gasteiger partial charge in [-0.1, -0.05) is 24.3 Å². The van der Waals surface area contributed by atoms with Gasteiger partial charge >= 0.3 is 0 Å². The fraction of sp³-hybridized carbons (Fsp3) is 0.429. The molecule has 0 bridgehead atoms. The van der Waals surface area contributed by atoms with Crippen molar-refractivity contribution in [2.75, 3.05) is 58.5 Å². The van der Waals surface area contributed by atoms with Gasteiger partial charge in [0.25, 0.3) is 0 Å². The van der Waals surface area contributed by atoms with Gasteiger partial charge in [-0.25, -0.2) is 4.98 Å². The van der Waals surface area contributed by atoms with Crippen LogP contribution in [-0.2, 0) is 11.3 Å². The highest BCUT2D eigenvalue weighted by Crippen LogP contribution is 2.15. The molecule has 1 aromatic heterocycles. The lowest BCUT2D eigenvalue weighted by Gasteiger charge is -2.37. The van der Waals surface area contributed by atoms with Crippen LogP contribution in [0, 0.1) is 0 Å². The number of ether oxygens (including phenoxy) is 2. The summed E-state index contributed by atoms with van der Waals surface area (Å²) in [5.41, 5.74) is 2.37. The molecule has 3 rings (SSSR count). The van der Waals surface area contributed by atoms with Crippen molar-refractivity contribution < 1.29 is 9.47 Å². The molecule has 7 nitrogen and oxygen atoms in total. The monoisotopic (exact) mass is 511 g/mol. The average Bonchev–Trinajstić information content (AvgIpc) is 2.76. The molecule has 0 spiro atoms. The molecule has 0 aliphatic carbocycles. The Hall–Kier alpha value is -2.07. The van der Waals surface area contributed by atoms with Crippen molar-refractivity contribution in [2.45, 2.75) is 6.54 Å². The summed E-state index contributed by atoms with van der Waals surface area (Å²) in [6.07, 6.45) is 1.83. The van der Waals surface area contributed by atoms with Crippen molar-refractivity contribution in [2.24, 2.45) is 4.99 Å². The number of rotatable bonds is 7. The lowest BCUT2D eigenvalue weighted by Crippen LogP contribution is -2.52. The van der Waals surface area contributed by atoms with Gasteiger partial charge in [-0.3, -0.25) is 4.99 Å². The highest BCUT2D eigenvalue weighted by molar-refractivity contribution is 14.0. The molecule has 1 saturated heterocycles. The van der Waals surface area contributed by atoms with Gasteiger partial charge in [0.1, 0.15) is 6.61 Å². The molecular weight excluding hydrogens is 481 g/mol. The zero-order valence-electron chi connectivity index (χ0n) is 17.1. The van der Waals surface area contributed by atoms with Gasteiger partial charge in [0.15, 0.2) is 5.96 Å². The summed E-state index contributed by atoms with van der Waals surface area (Å²) >= 11 is 0. The van der Waals surface area contributed by atoms with Crippen LogP contribution in [0.2, 0.25) is 0 Å². The minimum Gasteiger partial charge on any atom is -0.475 e. The van der Waals surface area contributed by atoms with Crippen molar-refractivity contribution in [1.29, 1.82) is 0 Å². The number of nitrogens with one attached hydrogen (secondary N) is 1. The van der Waals surface area contributed by atoms with E-state index in [2.05, 4.69) is 55.4 Å². The third-order valence-electron chi connectivity index (χ3n) is 4.70. The number of aromatic nitrogens is 1. The second-order valence-electron chi connectivity index (χ2n) is 6.56. The standard InChI is InChI=1S/C21H29N5O2.HI/c1-22-21(24-17-18-8-9-20(23-16-18)28-15-14-27-2)26-12-10-25(11-13-26)19-6-4-3-5-7-19;/h3-9,16H,10-15,17H2,1-2H3,(H,22,24);1H. The molecule has 0 saturated carbocycles. The van der Waals surface area contributed by atoms with Crippen LogP contribution in [0.25, 0.3) is 0 Å². The number of benzene rings is 1. The molecule has 8 heteroatoms. The summed E-state index contributed by atoms with van der Waals surface area (Å²) in [5.74, 6) is 1.54. The summed E-state index contributed by atoms with van der Waals surface area (Å²) in [7, 11) is 3.48. The Morgan fingerprint density at radius 2 is 1.83 bits per heavy atom. The summed E-state index contributed by atoms with van der Waals surface area (Å²) in [6.45, 7) is 5.59. The smallest absolute Gasteiger partial charge is 0.213 e. The molecule has 1 aromatic carbocycles. The number of guanidine groups is 1. The zero-order chi connectivity index (χ0) is 19.6. The van der Waals surface area contributed by atoms with E-state index in [4.69, 9.17) is 9.47 Å². The van der Waals surface area contributed by atoms with E-state index in [-0.39, 0.29) is 24.0 Å².